The summed E-state index contributed by atoms with van der Waals surface area (Å²) in [6.45, 7) is 1.26. The number of ketones is 1. The second kappa shape index (κ2) is 10.2. The zero-order valence-corrected chi connectivity index (χ0v) is 19.4. The first kappa shape index (κ1) is 23.7. The van der Waals surface area contributed by atoms with Gasteiger partial charge in [-0.15, -0.1) is 0 Å². The number of azo groups is 1. The van der Waals surface area contributed by atoms with Crippen LogP contribution < -0.4 is 10.0 Å². The van der Waals surface area contributed by atoms with Crippen LogP contribution in [0.2, 0.25) is 0 Å². The van der Waals surface area contributed by atoms with E-state index < -0.39 is 27.8 Å². The molecule has 10 heteroatoms. The Morgan fingerprint density at radius 3 is 2.31 bits per heavy atom. The normalized spacial score (nSPS) is 12.4. The summed E-state index contributed by atoms with van der Waals surface area (Å²) in [6, 6.07) is 22.1. The minimum atomic E-state index is -3.84. The summed E-state index contributed by atoms with van der Waals surface area (Å²) >= 11 is 0. The van der Waals surface area contributed by atoms with Crippen molar-refractivity contribution in [3.63, 3.8) is 0 Å². The predicted octanol–water partition coefficient (Wildman–Crippen LogP) is 4.72. The number of hydrogen-bond donors (Lipinski definition) is 2. The van der Waals surface area contributed by atoms with E-state index in [2.05, 4.69) is 25.3 Å². The SMILES string of the molecule is CC(=O)C(N=Nc1ccc(S(=O)(=O)Nc2ccccn2)cc1)C(=O)Nc1cccc2ccccc12. The number of nitrogens with zero attached hydrogens (tertiary/aromatic N) is 3. The molecular weight excluding hydrogens is 466 g/mol. The van der Waals surface area contributed by atoms with E-state index in [1.54, 1.807) is 24.3 Å². The third kappa shape index (κ3) is 5.74. The van der Waals surface area contributed by atoms with E-state index in [-0.39, 0.29) is 16.4 Å². The van der Waals surface area contributed by atoms with Gasteiger partial charge in [0, 0.05) is 17.3 Å². The van der Waals surface area contributed by atoms with Crippen molar-refractivity contribution in [1.82, 2.24) is 4.98 Å². The van der Waals surface area contributed by atoms with E-state index in [1.165, 1.54) is 43.5 Å². The average Bonchev–Trinajstić information content (AvgIpc) is 2.85. The molecule has 0 aliphatic rings. The fraction of sp³-hybridized carbons (Fsp3) is 0.0800. The number of benzene rings is 3. The van der Waals surface area contributed by atoms with E-state index >= 15 is 0 Å². The van der Waals surface area contributed by atoms with Crippen LogP contribution in [0.4, 0.5) is 17.2 Å². The van der Waals surface area contributed by atoms with Crippen LogP contribution in [0.1, 0.15) is 6.92 Å². The number of hydrogen-bond acceptors (Lipinski definition) is 7. The molecule has 0 radical (unpaired) electrons. The standard InChI is InChI=1S/C25H21N5O4S/c1-17(31)24(25(32)27-22-10-6-8-18-7-2-3-9-21(18)22)29-28-19-12-14-20(15-13-19)35(33,34)30-23-11-4-5-16-26-23/h2-16,24H,1H3,(H,26,30)(H,27,32). The Hall–Kier alpha value is -4.44. The van der Waals surface area contributed by atoms with Gasteiger partial charge in [-0.2, -0.15) is 10.2 Å². The van der Waals surface area contributed by atoms with Gasteiger partial charge in [-0.3, -0.25) is 14.3 Å². The van der Waals surface area contributed by atoms with Crippen molar-refractivity contribution >= 4 is 49.7 Å². The van der Waals surface area contributed by atoms with Gasteiger partial charge in [0.05, 0.1) is 10.6 Å². The van der Waals surface area contributed by atoms with Gasteiger partial charge < -0.3 is 5.32 Å². The molecule has 1 unspecified atom stereocenters. The monoisotopic (exact) mass is 487 g/mol. The molecule has 9 nitrogen and oxygen atoms in total. The Balaban J connectivity index is 1.48. The molecule has 0 saturated heterocycles. The Bertz CT molecular complexity index is 1500. The summed E-state index contributed by atoms with van der Waals surface area (Å²) < 4.78 is 27.4. The van der Waals surface area contributed by atoms with Gasteiger partial charge in [-0.1, -0.05) is 42.5 Å². The van der Waals surface area contributed by atoms with Gasteiger partial charge >= 0.3 is 0 Å². The third-order valence-corrected chi connectivity index (χ3v) is 6.39. The maximum atomic E-state index is 12.8. The first-order chi connectivity index (χ1) is 16.8. The van der Waals surface area contributed by atoms with E-state index in [0.717, 1.165) is 10.8 Å². The maximum absolute atomic E-state index is 12.8. The summed E-state index contributed by atoms with van der Waals surface area (Å²) in [6.07, 6.45) is 1.48. The first-order valence-corrected chi connectivity index (χ1v) is 12.1. The summed E-state index contributed by atoms with van der Waals surface area (Å²) in [4.78, 5) is 28.9. The second-order valence-corrected chi connectivity index (χ2v) is 9.24. The van der Waals surface area contributed by atoms with Gasteiger partial charge in [0.2, 0.25) is 6.04 Å². The Kier molecular flexibility index (Phi) is 6.93. The van der Waals surface area contributed by atoms with Gasteiger partial charge in [0.1, 0.15) is 5.82 Å². The largest absolute Gasteiger partial charge is 0.323 e. The molecule has 1 aromatic heterocycles. The average molecular weight is 488 g/mol. The quantitative estimate of drug-likeness (QED) is 0.274. The van der Waals surface area contributed by atoms with Crippen molar-refractivity contribution < 1.29 is 18.0 Å². The maximum Gasteiger partial charge on any atom is 0.263 e. The summed E-state index contributed by atoms with van der Waals surface area (Å²) in [5, 5.41) is 12.4. The molecule has 0 spiro atoms. The predicted molar refractivity (Wildman–Crippen MR) is 133 cm³/mol. The summed E-state index contributed by atoms with van der Waals surface area (Å²) in [7, 11) is -3.84. The molecule has 1 amide bonds. The number of pyridine rings is 1. The molecule has 3 aromatic carbocycles. The topological polar surface area (TPSA) is 130 Å². The lowest BCUT2D eigenvalue weighted by Crippen LogP contribution is -2.31. The number of carbonyl (C=O) groups excluding carboxylic acids is 2. The summed E-state index contributed by atoms with van der Waals surface area (Å²) in [5.74, 6) is -0.903. The van der Waals surface area contributed by atoms with Crippen molar-refractivity contribution in [2.24, 2.45) is 10.2 Å². The smallest absolute Gasteiger partial charge is 0.263 e. The van der Waals surface area contributed by atoms with Crippen LogP contribution in [0, 0.1) is 0 Å². The fourth-order valence-electron chi connectivity index (χ4n) is 3.29. The zero-order chi connectivity index (χ0) is 24.8. The van der Waals surface area contributed by atoms with E-state index in [1.807, 2.05) is 30.3 Å². The number of anilines is 2. The highest BCUT2D eigenvalue weighted by Gasteiger charge is 2.24. The summed E-state index contributed by atoms with van der Waals surface area (Å²) in [5.41, 5.74) is 0.843. The highest BCUT2D eigenvalue weighted by atomic mass is 32.2. The van der Waals surface area contributed by atoms with Crippen LogP contribution >= 0.6 is 0 Å². The number of amides is 1. The molecule has 0 fully saturated rings. The Labute approximate surface area is 202 Å². The van der Waals surface area contributed by atoms with Crippen molar-refractivity contribution in [3.8, 4) is 0 Å². The molecule has 4 rings (SSSR count). The van der Waals surface area contributed by atoms with Crippen molar-refractivity contribution in [1.29, 1.82) is 0 Å². The molecule has 0 saturated carbocycles. The Morgan fingerprint density at radius 2 is 1.60 bits per heavy atom. The highest BCUT2D eigenvalue weighted by Crippen LogP contribution is 2.24. The van der Waals surface area contributed by atoms with Crippen LogP contribution in [0.15, 0.2) is 106 Å². The van der Waals surface area contributed by atoms with E-state index in [4.69, 9.17) is 0 Å². The molecule has 1 atom stereocenters. The minimum absolute atomic E-state index is 0.00100. The van der Waals surface area contributed by atoms with Gasteiger partial charge in [-0.05, 0) is 54.8 Å². The van der Waals surface area contributed by atoms with Crippen molar-refractivity contribution in [3.05, 3.63) is 91.1 Å². The van der Waals surface area contributed by atoms with E-state index in [0.29, 0.717) is 5.69 Å². The molecule has 35 heavy (non-hydrogen) atoms. The number of rotatable bonds is 8. The van der Waals surface area contributed by atoms with Crippen LogP contribution in [0.3, 0.4) is 0 Å². The van der Waals surface area contributed by atoms with Crippen molar-refractivity contribution in [2.45, 2.75) is 17.9 Å². The third-order valence-electron chi connectivity index (χ3n) is 5.02. The van der Waals surface area contributed by atoms with Crippen LogP contribution in [-0.2, 0) is 19.6 Å². The molecule has 0 aliphatic carbocycles. The number of nitrogens with one attached hydrogen (secondary N) is 2. The number of carbonyl (C=O) groups is 2. The zero-order valence-electron chi connectivity index (χ0n) is 18.6. The number of sulfonamides is 1. The molecule has 4 aromatic rings. The molecular formula is C25H21N5O4S. The number of Topliss-reactive ketones (excluding diaryl/α,β-unsaturated/α-hetero) is 1. The molecule has 1 heterocycles. The minimum Gasteiger partial charge on any atom is -0.323 e. The lowest BCUT2D eigenvalue weighted by molar-refractivity contribution is -0.126. The lowest BCUT2D eigenvalue weighted by Gasteiger charge is -2.11. The molecule has 2 N–H and O–H groups in total. The number of aromatic nitrogens is 1. The van der Waals surface area contributed by atoms with Crippen LogP contribution in [0.5, 0.6) is 0 Å². The van der Waals surface area contributed by atoms with Gasteiger partial charge in [0.15, 0.2) is 5.78 Å². The molecule has 176 valence electrons. The van der Waals surface area contributed by atoms with Crippen molar-refractivity contribution in [2.75, 3.05) is 10.0 Å². The first-order valence-electron chi connectivity index (χ1n) is 10.6. The Morgan fingerprint density at radius 1 is 0.886 bits per heavy atom. The fourth-order valence-corrected chi connectivity index (χ4v) is 4.30. The van der Waals surface area contributed by atoms with Gasteiger partial charge in [0.25, 0.3) is 15.9 Å². The molecule has 0 aliphatic heterocycles. The van der Waals surface area contributed by atoms with Crippen LogP contribution in [0.25, 0.3) is 10.8 Å². The van der Waals surface area contributed by atoms with E-state index in [9.17, 15) is 18.0 Å². The lowest BCUT2D eigenvalue weighted by atomic mass is 10.1. The second-order valence-electron chi connectivity index (χ2n) is 7.56. The number of fused-ring (bicyclic) bond motifs is 1. The highest BCUT2D eigenvalue weighted by molar-refractivity contribution is 7.92. The van der Waals surface area contributed by atoms with Gasteiger partial charge in [-0.25, -0.2) is 13.4 Å². The molecule has 0 bridgehead atoms. The van der Waals surface area contributed by atoms with Crippen LogP contribution in [-0.4, -0.2) is 31.1 Å².